The maximum absolute atomic E-state index is 4.99. The minimum atomic E-state index is 0.714. The number of aromatic nitrogens is 4. The molecule has 0 unspecified atom stereocenters. The fourth-order valence-electron chi connectivity index (χ4n) is 1.59. The average molecular weight is 264 g/mol. The average Bonchev–Trinajstić information content (AvgIpc) is 2.70. The Morgan fingerprint density at radius 2 is 2.11 bits per heavy atom. The number of aryl methyl sites for hydroxylation is 2. The Morgan fingerprint density at radius 3 is 2.67 bits per heavy atom. The van der Waals surface area contributed by atoms with Crippen molar-refractivity contribution in [3.8, 4) is 5.82 Å². The number of thioether (sulfide) groups is 1. The van der Waals surface area contributed by atoms with Crippen LogP contribution in [0.25, 0.3) is 5.82 Å². The van der Waals surface area contributed by atoms with Gasteiger partial charge in [0.1, 0.15) is 5.03 Å². The molecule has 6 heteroatoms. The van der Waals surface area contributed by atoms with Gasteiger partial charge in [-0.05, 0) is 32.0 Å². The van der Waals surface area contributed by atoms with Crippen molar-refractivity contribution in [2.24, 2.45) is 0 Å². The van der Waals surface area contributed by atoms with Crippen molar-refractivity contribution in [3.05, 3.63) is 29.6 Å². The van der Waals surface area contributed by atoms with Crippen LogP contribution < -0.4 is 0 Å². The summed E-state index contributed by atoms with van der Waals surface area (Å²) in [5, 5.41) is 13.6. The van der Waals surface area contributed by atoms with Crippen LogP contribution in [0.4, 0.5) is 0 Å². The van der Waals surface area contributed by atoms with Gasteiger partial charge in [0.05, 0.1) is 12.3 Å². The van der Waals surface area contributed by atoms with Crippen LogP contribution in [0.5, 0.6) is 0 Å². The predicted octanol–water partition coefficient (Wildman–Crippen LogP) is 2.02. The molecular weight excluding hydrogens is 248 g/mol. The highest BCUT2D eigenvalue weighted by molar-refractivity contribution is 7.99. The summed E-state index contributed by atoms with van der Waals surface area (Å²) in [5.41, 5.74) is 2.04. The Labute approximate surface area is 111 Å². The Bertz CT molecular complexity index is 509. The van der Waals surface area contributed by atoms with Crippen molar-refractivity contribution in [1.82, 2.24) is 20.0 Å². The molecule has 0 atom stereocenters. The molecule has 0 N–H and O–H groups in total. The molecule has 0 saturated heterocycles. The number of methoxy groups -OCH3 is 1. The molecule has 18 heavy (non-hydrogen) atoms. The van der Waals surface area contributed by atoms with Gasteiger partial charge in [-0.3, -0.25) is 0 Å². The molecule has 2 aromatic rings. The van der Waals surface area contributed by atoms with Gasteiger partial charge in [-0.1, -0.05) is 0 Å². The highest BCUT2D eigenvalue weighted by Gasteiger charge is 2.05. The highest BCUT2D eigenvalue weighted by atomic mass is 32.2. The first-order valence-electron chi connectivity index (χ1n) is 5.70. The Kier molecular flexibility index (Phi) is 4.33. The molecule has 96 valence electrons. The third-order valence-corrected chi connectivity index (χ3v) is 3.27. The molecule has 0 fully saturated rings. The van der Waals surface area contributed by atoms with Gasteiger partial charge in [-0.15, -0.1) is 22.0 Å². The molecular formula is C12H16N4OS. The topological polar surface area (TPSA) is 52.8 Å². The van der Waals surface area contributed by atoms with Crippen molar-refractivity contribution in [1.29, 1.82) is 0 Å². The largest absolute Gasteiger partial charge is 0.384 e. The standard InChI is InChI=1S/C12H16N4OS/c1-9-8-10(2)16(15-9)11-4-5-12(14-13-11)18-7-6-17-3/h4-5,8H,6-7H2,1-3H3. The van der Waals surface area contributed by atoms with Crippen LogP contribution in [0.15, 0.2) is 23.2 Å². The second-order valence-corrected chi connectivity index (χ2v) is 5.03. The zero-order valence-electron chi connectivity index (χ0n) is 10.8. The Balaban J connectivity index is 2.10. The summed E-state index contributed by atoms with van der Waals surface area (Å²) in [7, 11) is 1.69. The van der Waals surface area contributed by atoms with E-state index >= 15 is 0 Å². The Hall–Kier alpha value is -1.40. The van der Waals surface area contributed by atoms with E-state index in [2.05, 4.69) is 15.3 Å². The number of nitrogens with zero attached hydrogens (tertiary/aromatic N) is 4. The SMILES string of the molecule is COCCSc1ccc(-n2nc(C)cc2C)nn1. The van der Waals surface area contributed by atoms with Crippen LogP contribution in [0.1, 0.15) is 11.4 Å². The van der Waals surface area contributed by atoms with Gasteiger partial charge in [-0.25, -0.2) is 4.68 Å². The summed E-state index contributed by atoms with van der Waals surface area (Å²) in [6.45, 7) is 4.68. The molecule has 5 nitrogen and oxygen atoms in total. The molecule has 0 bridgehead atoms. The number of hydrogen-bond acceptors (Lipinski definition) is 5. The van der Waals surface area contributed by atoms with Crippen molar-refractivity contribution < 1.29 is 4.74 Å². The van der Waals surface area contributed by atoms with Gasteiger partial charge < -0.3 is 4.74 Å². The zero-order valence-corrected chi connectivity index (χ0v) is 11.6. The molecule has 0 aliphatic carbocycles. The molecule has 0 saturated carbocycles. The molecule has 0 aromatic carbocycles. The van der Waals surface area contributed by atoms with Gasteiger partial charge in [0, 0.05) is 18.6 Å². The van der Waals surface area contributed by atoms with E-state index in [4.69, 9.17) is 4.74 Å². The molecule has 2 heterocycles. The van der Waals surface area contributed by atoms with Gasteiger partial charge in [-0.2, -0.15) is 5.10 Å². The fraction of sp³-hybridized carbons (Fsp3) is 0.417. The van der Waals surface area contributed by atoms with Crippen LogP contribution in [0.3, 0.4) is 0 Å². The molecule has 0 radical (unpaired) electrons. The van der Waals surface area contributed by atoms with Crippen LogP contribution in [-0.2, 0) is 4.74 Å². The second-order valence-electron chi connectivity index (χ2n) is 3.91. The highest BCUT2D eigenvalue weighted by Crippen LogP contribution is 2.15. The molecule has 0 amide bonds. The van der Waals surface area contributed by atoms with E-state index < -0.39 is 0 Å². The van der Waals surface area contributed by atoms with Crippen LogP contribution in [-0.4, -0.2) is 39.4 Å². The van der Waals surface area contributed by atoms with Gasteiger partial charge in [0.2, 0.25) is 0 Å². The van der Waals surface area contributed by atoms with Gasteiger partial charge in [0.15, 0.2) is 5.82 Å². The summed E-state index contributed by atoms with van der Waals surface area (Å²) < 4.78 is 6.79. The third kappa shape index (κ3) is 3.08. The van der Waals surface area contributed by atoms with E-state index in [9.17, 15) is 0 Å². The number of ether oxygens (including phenoxy) is 1. The van der Waals surface area contributed by atoms with Crippen molar-refractivity contribution >= 4 is 11.8 Å². The minimum absolute atomic E-state index is 0.714. The lowest BCUT2D eigenvalue weighted by atomic mass is 10.4. The lowest BCUT2D eigenvalue weighted by Crippen LogP contribution is -2.03. The van der Waals surface area contributed by atoms with E-state index in [0.29, 0.717) is 6.61 Å². The summed E-state index contributed by atoms with van der Waals surface area (Å²) in [6, 6.07) is 5.91. The number of rotatable bonds is 5. The first kappa shape index (κ1) is 13.0. The van der Waals surface area contributed by atoms with E-state index in [0.717, 1.165) is 28.0 Å². The molecule has 0 aliphatic rings. The second kappa shape index (κ2) is 5.97. The van der Waals surface area contributed by atoms with Crippen molar-refractivity contribution in [3.63, 3.8) is 0 Å². The lowest BCUT2D eigenvalue weighted by Gasteiger charge is -2.03. The molecule has 0 spiro atoms. The Morgan fingerprint density at radius 1 is 1.28 bits per heavy atom. The fourth-order valence-corrected chi connectivity index (χ4v) is 2.32. The monoisotopic (exact) mass is 264 g/mol. The maximum Gasteiger partial charge on any atom is 0.175 e. The molecule has 0 aliphatic heterocycles. The van der Waals surface area contributed by atoms with Crippen LogP contribution in [0, 0.1) is 13.8 Å². The van der Waals surface area contributed by atoms with Crippen LogP contribution >= 0.6 is 11.8 Å². The van der Waals surface area contributed by atoms with E-state index in [1.165, 1.54) is 0 Å². The first-order chi connectivity index (χ1) is 8.70. The third-order valence-electron chi connectivity index (χ3n) is 2.39. The number of hydrogen-bond donors (Lipinski definition) is 0. The normalized spacial score (nSPS) is 10.8. The van der Waals surface area contributed by atoms with Gasteiger partial charge >= 0.3 is 0 Å². The minimum Gasteiger partial charge on any atom is -0.384 e. The first-order valence-corrected chi connectivity index (χ1v) is 6.68. The summed E-state index contributed by atoms with van der Waals surface area (Å²) in [4.78, 5) is 0. The molecule has 2 aromatic heterocycles. The summed E-state index contributed by atoms with van der Waals surface area (Å²) >= 11 is 1.63. The predicted molar refractivity (Wildman–Crippen MR) is 71.2 cm³/mol. The quantitative estimate of drug-likeness (QED) is 0.611. The molecule has 2 rings (SSSR count). The summed E-state index contributed by atoms with van der Waals surface area (Å²) in [5.74, 6) is 1.63. The van der Waals surface area contributed by atoms with E-state index in [1.807, 2.05) is 32.0 Å². The lowest BCUT2D eigenvalue weighted by molar-refractivity contribution is 0.218. The zero-order chi connectivity index (χ0) is 13.0. The maximum atomic E-state index is 4.99. The van der Waals surface area contributed by atoms with Crippen molar-refractivity contribution in [2.45, 2.75) is 18.9 Å². The van der Waals surface area contributed by atoms with E-state index in [-0.39, 0.29) is 0 Å². The van der Waals surface area contributed by atoms with Crippen molar-refractivity contribution in [2.75, 3.05) is 19.5 Å². The van der Waals surface area contributed by atoms with Gasteiger partial charge in [0.25, 0.3) is 0 Å². The van der Waals surface area contributed by atoms with Crippen LogP contribution in [0.2, 0.25) is 0 Å². The smallest absolute Gasteiger partial charge is 0.175 e. The van der Waals surface area contributed by atoms with E-state index in [1.54, 1.807) is 23.6 Å². The summed E-state index contributed by atoms with van der Waals surface area (Å²) in [6.07, 6.45) is 0.